The fraction of sp³-hybridized carbons (Fsp3) is 0.955. The smallest absolute Gasteiger partial charge is 0.161 e. The largest absolute Gasteiger partial charge is 0.393 e. The zero-order valence-electron chi connectivity index (χ0n) is 16.5. The third-order valence-electron chi connectivity index (χ3n) is 9.29. The van der Waals surface area contributed by atoms with Crippen LogP contribution >= 0.6 is 0 Å². The highest BCUT2D eigenvalue weighted by molar-refractivity contribution is 5.83. The molecule has 0 unspecified atom stereocenters. The van der Waals surface area contributed by atoms with Gasteiger partial charge in [-0.2, -0.15) is 0 Å². The highest BCUT2D eigenvalue weighted by Gasteiger charge is 2.62. The molecule has 4 heteroatoms. The van der Waals surface area contributed by atoms with Crippen LogP contribution in [-0.4, -0.2) is 42.4 Å². The molecule has 0 saturated heterocycles. The first-order valence-corrected chi connectivity index (χ1v) is 10.8. The quantitative estimate of drug-likeness (QED) is 0.804. The maximum atomic E-state index is 12.4. The van der Waals surface area contributed by atoms with Gasteiger partial charge in [-0.3, -0.25) is 4.79 Å². The van der Waals surface area contributed by atoms with Gasteiger partial charge in [-0.05, 0) is 92.3 Å². The molecular formula is C22H36O4. The third kappa shape index (κ3) is 2.62. The zero-order chi connectivity index (χ0) is 18.5. The van der Waals surface area contributed by atoms with Crippen molar-refractivity contribution in [3.8, 4) is 0 Å². The Morgan fingerprint density at radius 3 is 2.62 bits per heavy atom. The van der Waals surface area contributed by atoms with Gasteiger partial charge in [-0.1, -0.05) is 6.92 Å². The number of rotatable bonds is 4. The van der Waals surface area contributed by atoms with Crippen LogP contribution in [0, 0.1) is 40.4 Å². The number of ether oxygens (including phenoxy) is 1. The molecule has 4 fully saturated rings. The summed E-state index contributed by atoms with van der Waals surface area (Å²) in [5, 5.41) is 19.7. The number of aliphatic hydroxyl groups is 2. The van der Waals surface area contributed by atoms with Crippen LogP contribution in [0.4, 0.5) is 0 Å². The Morgan fingerprint density at radius 1 is 1.08 bits per heavy atom. The third-order valence-corrected chi connectivity index (χ3v) is 9.29. The van der Waals surface area contributed by atoms with E-state index in [1.54, 1.807) is 0 Å². The van der Waals surface area contributed by atoms with Gasteiger partial charge in [-0.25, -0.2) is 0 Å². The first-order valence-electron chi connectivity index (χ1n) is 10.8. The number of aliphatic hydroxyl groups excluding tert-OH is 2. The molecule has 4 aliphatic rings. The number of hydrogen-bond donors (Lipinski definition) is 2. The van der Waals surface area contributed by atoms with E-state index < -0.39 is 0 Å². The first kappa shape index (κ1) is 18.9. The minimum Gasteiger partial charge on any atom is -0.393 e. The van der Waals surface area contributed by atoms with Gasteiger partial charge in [0.25, 0.3) is 0 Å². The van der Waals surface area contributed by atoms with Gasteiger partial charge >= 0.3 is 0 Å². The van der Waals surface area contributed by atoms with Gasteiger partial charge in [0, 0.05) is 13.0 Å². The predicted molar refractivity (Wildman–Crippen MR) is 99.5 cm³/mol. The summed E-state index contributed by atoms with van der Waals surface area (Å²) in [5.41, 5.74) is 0.313. The van der Waals surface area contributed by atoms with Crippen LogP contribution in [0.15, 0.2) is 0 Å². The second-order valence-electron chi connectivity index (χ2n) is 10.0. The summed E-state index contributed by atoms with van der Waals surface area (Å²) < 4.78 is 5.77. The topological polar surface area (TPSA) is 66.8 Å². The van der Waals surface area contributed by atoms with Crippen LogP contribution in [0.25, 0.3) is 0 Å². The average Bonchev–Trinajstić information content (AvgIpc) is 2.99. The molecule has 0 aromatic rings. The molecule has 0 amide bonds. The molecule has 4 rings (SSSR count). The summed E-state index contributed by atoms with van der Waals surface area (Å²) >= 11 is 0. The summed E-state index contributed by atoms with van der Waals surface area (Å²) in [6.45, 7) is 2.86. The van der Waals surface area contributed by atoms with Gasteiger partial charge in [0.2, 0.25) is 0 Å². The normalized spacial score (nSPS) is 50.6. The van der Waals surface area contributed by atoms with E-state index in [-0.39, 0.29) is 35.2 Å². The van der Waals surface area contributed by atoms with Gasteiger partial charge in [0.05, 0.1) is 12.7 Å². The summed E-state index contributed by atoms with van der Waals surface area (Å²) in [4.78, 5) is 12.4. The highest BCUT2D eigenvalue weighted by atomic mass is 16.5. The fourth-order valence-electron chi connectivity index (χ4n) is 8.22. The highest BCUT2D eigenvalue weighted by Crippen LogP contribution is 2.67. The fourth-order valence-corrected chi connectivity index (χ4v) is 8.22. The van der Waals surface area contributed by atoms with Gasteiger partial charge in [0.1, 0.15) is 6.61 Å². The van der Waals surface area contributed by atoms with Crippen molar-refractivity contribution in [2.24, 2.45) is 40.4 Å². The van der Waals surface area contributed by atoms with Crippen molar-refractivity contribution in [3.63, 3.8) is 0 Å². The number of fused-ring (bicyclic) bond motifs is 5. The Morgan fingerprint density at radius 2 is 1.88 bits per heavy atom. The van der Waals surface area contributed by atoms with Crippen molar-refractivity contribution in [1.82, 2.24) is 0 Å². The molecule has 0 spiro atoms. The van der Waals surface area contributed by atoms with Crippen LogP contribution in [0.1, 0.15) is 64.7 Å². The van der Waals surface area contributed by atoms with E-state index in [4.69, 9.17) is 4.74 Å². The van der Waals surface area contributed by atoms with E-state index in [1.165, 1.54) is 19.3 Å². The Labute approximate surface area is 157 Å². The minimum atomic E-state index is -0.297. The van der Waals surface area contributed by atoms with E-state index in [1.807, 2.05) is 7.11 Å². The SMILES string of the molecule is COC[C@]12CC[C@@H](O)C[C@@H]1CC[C@H]1[C@@H]3CC[C@H](C(=O)CO)[C@@]3(C)CC[C@@H]12. The van der Waals surface area contributed by atoms with E-state index in [9.17, 15) is 15.0 Å². The summed E-state index contributed by atoms with van der Waals surface area (Å²) in [7, 11) is 1.83. The van der Waals surface area contributed by atoms with Crippen LogP contribution in [0.5, 0.6) is 0 Å². The van der Waals surface area contributed by atoms with Crippen LogP contribution < -0.4 is 0 Å². The van der Waals surface area contributed by atoms with E-state index >= 15 is 0 Å². The maximum Gasteiger partial charge on any atom is 0.161 e. The molecule has 2 N–H and O–H groups in total. The Hall–Kier alpha value is -0.450. The van der Waals surface area contributed by atoms with Gasteiger partial charge in [-0.15, -0.1) is 0 Å². The standard InChI is InChI=1S/C22H36O4/c1-21-9-8-18-16(17(21)5-6-19(21)20(25)12-23)4-3-14-11-15(24)7-10-22(14,18)13-26-2/h14-19,23-24H,3-13H2,1-2H3/t14-,15+,16-,17-,18-,19+,21-,22+/m0/s1. The number of Topliss-reactive ketones (excluding diaryl/α,β-unsaturated/α-hetero) is 1. The van der Waals surface area contributed by atoms with Gasteiger partial charge < -0.3 is 14.9 Å². The Bertz CT molecular complexity index is 548. The van der Waals surface area contributed by atoms with Crippen LogP contribution in [0.3, 0.4) is 0 Å². The second kappa shape index (κ2) is 6.86. The Balaban J connectivity index is 1.63. The summed E-state index contributed by atoms with van der Waals surface area (Å²) in [5.74, 6) is 2.69. The number of hydrogen-bond acceptors (Lipinski definition) is 4. The molecule has 0 radical (unpaired) electrons. The van der Waals surface area contributed by atoms with Crippen molar-refractivity contribution < 1.29 is 19.7 Å². The van der Waals surface area contributed by atoms with E-state index in [2.05, 4.69) is 6.92 Å². The minimum absolute atomic E-state index is 0.0581. The van der Waals surface area contributed by atoms with Crippen LogP contribution in [-0.2, 0) is 9.53 Å². The molecule has 26 heavy (non-hydrogen) atoms. The molecule has 0 aromatic carbocycles. The van der Waals surface area contributed by atoms with Crippen molar-refractivity contribution in [1.29, 1.82) is 0 Å². The molecule has 8 atom stereocenters. The van der Waals surface area contributed by atoms with E-state index in [0.29, 0.717) is 23.7 Å². The first-order chi connectivity index (χ1) is 12.5. The van der Waals surface area contributed by atoms with Crippen LogP contribution in [0.2, 0.25) is 0 Å². The lowest BCUT2D eigenvalue weighted by molar-refractivity contribution is -0.161. The summed E-state index contributed by atoms with van der Waals surface area (Å²) in [6.07, 6.45) is 9.66. The average molecular weight is 365 g/mol. The lowest BCUT2D eigenvalue weighted by Crippen LogP contribution is -2.57. The molecule has 4 aliphatic carbocycles. The molecule has 4 saturated carbocycles. The molecule has 0 aromatic heterocycles. The maximum absolute atomic E-state index is 12.4. The number of ketones is 1. The Kier molecular flexibility index (Phi) is 4.98. The number of carbonyl (C=O) groups excluding carboxylic acids is 1. The monoisotopic (exact) mass is 364 g/mol. The lowest BCUT2D eigenvalue weighted by Gasteiger charge is -2.61. The van der Waals surface area contributed by atoms with Crippen molar-refractivity contribution in [3.05, 3.63) is 0 Å². The molecular weight excluding hydrogens is 328 g/mol. The van der Waals surface area contributed by atoms with Gasteiger partial charge in [0.15, 0.2) is 5.78 Å². The second-order valence-corrected chi connectivity index (χ2v) is 10.0. The molecule has 0 aliphatic heterocycles. The van der Waals surface area contributed by atoms with Crippen molar-refractivity contribution >= 4 is 5.78 Å². The summed E-state index contributed by atoms with van der Waals surface area (Å²) in [6, 6.07) is 0. The molecule has 4 nitrogen and oxygen atoms in total. The van der Waals surface area contributed by atoms with Crippen molar-refractivity contribution in [2.45, 2.75) is 70.8 Å². The number of carbonyl (C=O) groups is 1. The lowest BCUT2D eigenvalue weighted by atomic mass is 9.44. The zero-order valence-corrected chi connectivity index (χ0v) is 16.5. The molecule has 0 bridgehead atoms. The molecule has 0 heterocycles. The molecule has 148 valence electrons. The van der Waals surface area contributed by atoms with E-state index in [0.717, 1.165) is 45.1 Å². The number of methoxy groups -OCH3 is 1. The predicted octanol–water partition coefficient (Wildman–Crippen LogP) is 3.19. The van der Waals surface area contributed by atoms with Crippen molar-refractivity contribution in [2.75, 3.05) is 20.3 Å².